The van der Waals surface area contributed by atoms with Gasteiger partial charge in [-0.1, -0.05) is 0 Å². The van der Waals surface area contributed by atoms with Crippen molar-refractivity contribution in [2.45, 2.75) is 24.4 Å². The number of hydrogen-bond acceptors (Lipinski definition) is 6. The van der Waals surface area contributed by atoms with Gasteiger partial charge in [0.2, 0.25) is 10.0 Å². The van der Waals surface area contributed by atoms with Gasteiger partial charge in [0.05, 0.1) is 25.7 Å². The molecule has 2 aromatic heterocycles. The zero-order valence-electron chi connectivity index (χ0n) is 11.2. The van der Waals surface area contributed by atoms with Crippen molar-refractivity contribution in [1.29, 1.82) is 0 Å². The van der Waals surface area contributed by atoms with Crippen molar-refractivity contribution >= 4 is 16.0 Å². The summed E-state index contributed by atoms with van der Waals surface area (Å²) >= 11 is 0. The highest BCUT2D eigenvalue weighted by Crippen LogP contribution is 2.14. The van der Waals surface area contributed by atoms with Crippen LogP contribution in [0.1, 0.15) is 12.2 Å². The highest BCUT2D eigenvalue weighted by Gasteiger charge is 2.23. The molecule has 0 saturated carbocycles. The van der Waals surface area contributed by atoms with Crippen LogP contribution in [0.2, 0.25) is 0 Å². The first-order valence-electron chi connectivity index (χ1n) is 5.94. The number of aromatic nitrogens is 5. The number of rotatable bonds is 7. The van der Waals surface area contributed by atoms with E-state index in [0.717, 1.165) is 4.31 Å². The van der Waals surface area contributed by atoms with E-state index in [1.165, 1.54) is 30.5 Å². The predicted octanol–water partition coefficient (Wildman–Crippen LogP) is -0.703. The number of carboxylic acids is 1. The fraction of sp³-hybridized carbons (Fsp3) is 0.400. The lowest BCUT2D eigenvalue weighted by Crippen LogP contribution is -2.26. The molecule has 2 aromatic rings. The third-order valence-corrected chi connectivity index (χ3v) is 4.47. The molecule has 11 heteroatoms. The van der Waals surface area contributed by atoms with Crippen molar-refractivity contribution in [2.75, 3.05) is 7.05 Å². The molecule has 2 rings (SSSR count). The lowest BCUT2D eigenvalue weighted by molar-refractivity contribution is -0.137. The Bertz CT molecular complexity index is 708. The highest BCUT2D eigenvalue weighted by molar-refractivity contribution is 7.89. The molecule has 0 atom stereocenters. The summed E-state index contributed by atoms with van der Waals surface area (Å²) in [6.45, 7) is 0.152. The summed E-state index contributed by atoms with van der Waals surface area (Å²) in [5, 5.41) is 18.7. The topological polar surface area (TPSA) is 134 Å². The molecule has 0 spiro atoms. The van der Waals surface area contributed by atoms with Crippen molar-refractivity contribution in [3.63, 3.8) is 0 Å². The molecule has 0 aliphatic rings. The molecular formula is C10H14N6O4S. The molecule has 0 amide bonds. The molecule has 0 unspecified atom stereocenters. The molecule has 10 nitrogen and oxygen atoms in total. The maximum Gasteiger partial charge on any atom is 0.305 e. The minimum Gasteiger partial charge on any atom is -0.481 e. The number of H-pyrrole nitrogens is 1. The van der Waals surface area contributed by atoms with Crippen molar-refractivity contribution in [3.05, 3.63) is 24.5 Å². The van der Waals surface area contributed by atoms with Gasteiger partial charge in [-0.25, -0.2) is 13.4 Å². The van der Waals surface area contributed by atoms with Gasteiger partial charge in [0.25, 0.3) is 0 Å². The number of hydrogen-bond donors (Lipinski definition) is 2. The van der Waals surface area contributed by atoms with Crippen LogP contribution in [0.5, 0.6) is 0 Å². The molecule has 2 heterocycles. The van der Waals surface area contributed by atoms with Crippen LogP contribution >= 0.6 is 0 Å². The van der Waals surface area contributed by atoms with Crippen molar-refractivity contribution in [1.82, 2.24) is 29.3 Å². The Labute approximate surface area is 120 Å². The summed E-state index contributed by atoms with van der Waals surface area (Å²) in [5.41, 5.74) is 0. The van der Waals surface area contributed by atoms with Gasteiger partial charge in [-0.2, -0.15) is 14.5 Å². The van der Waals surface area contributed by atoms with Gasteiger partial charge in [0.15, 0.2) is 0 Å². The first-order chi connectivity index (χ1) is 9.89. The number of carbonyl (C=O) groups is 1. The van der Waals surface area contributed by atoms with E-state index in [-0.39, 0.29) is 24.4 Å². The number of carboxylic acid groups (broad SMARTS) is 1. The summed E-state index contributed by atoms with van der Waals surface area (Å²) in [6, 6.07) is 0. The van der Waals surface area contributed by atoms with E-state index < -0.39 is 16.0 Å². The van der Waals surface area contributed by atoms with Crippen molar-refractivity contribution in [2.24, 2.45) is 0 Å². The van der Waals surface area contributed by atoms with E-state index in [4.69, 9.17) is 5.11 Å². The molecule has 0 aliphatic heterocycles. The van der Waals surface area contributed by atoms with Gasteiger partial charge in [-0.05, 0) is 0 Å². The maximum absolute atomic E-state index is 12.3. The van der Waals surface area contributed by atoms with E-state index in [1.807, 2.05) is 0 Å². The standard InChI is InChI=1S/C10H14N6O4S/c1-15(6-9-11-7-12-14-9)21(19,20)8-4-13-16(5-8)3-2-10(17)18/h4-5,7H,2-3,6H2,1H3,(H,17,18)(H,11,12,14). The van der Waals surface area contributed by atoms with Crippen LogP contribution < -0.4 is 0 Å². The quantitative estimate of drug-likeness (QED) is 0.689. The fourth-order valence-electron chi connectivity index (χ4n) is 1.59. The average Bonchev–Trinajstić information content (AvgIpc) is 3.07. The zero-order valence-corrected chi connectivity index (χ0v) is 12.0. The van der Waals surface area contributed by atoms with Crippen LogP contribution in [0.4, 0.5) is 0 Å². The Kier molecular flexibility index (Phi) is 4.33. The first-order valence-corrected chi connectivity index (χ1v) is 7.38. The van der Waals surface area contributed by atoms with Crippen LogP contribution in [0.25, 0.3) is 0 Å². The number of sulfonamides is 1. The second kappa shape index (κ2) is 6.01. The second-order valence-electron chi connectivity index (χ2n) is 4.28. The molecule has 114 valence electrons. The number of aromatic amines is 1. The van der Waals surface area contributed by atoms with E-state index in [9.17, 15) is 13.2 Å². The second-order valence-corrected chi connectivity index (χ2v) is 6.32. The third kappa shape index (κ3) is 3.64. The molecule has 0 aliphatic carbocycles. The van der Waals surface area contributed by atoms with Crippen LogP contribution in [0.3, 0.4) is 0 Å². The Morgan fingerprint density at radius 1 is 1.52 bits per heavy atom. The lowest BCUT2D eigenvalue weighted by Gasteiger charge is -2.13. The summed E-state index contributed by atoms with van der Waals surface area (Å²) in [4.78, 5) is 14.3. The molecular weight excluding hydrogens is 300 g/mol. The van der Waals surface area contributed by atoms with E-state index in [2.05, 4.69) is 20.3 Å². The third-order valence-electron chi connectivity index (χ3n) is 2.71. The molecule has 0 aromatic carbocycles. The Balaban J connectivity index is 2.10. The molecule has 0 fully saturated rings. The van der Waals surface area contributed by atoms with E-state index >= 15 is 0 Å². The number of aliphatic carboxylic acids is 1. The van der Waals surface area contributed by atoms with Gasteiger partial charge in [-0.15, -0.1) is 0 Å². The molecule has 0 bridgehead atoms. The minimum absolute atomic E-state index is 0.00472. The largest absolute Gasteiger partial charge is 0.481 e. The summed E-state index contributed by atoms with van der Waals surface area (Å²) in [5.74, 6) is -0.559. The number of nitrogens with one attached hydrogen (secondary N) is 1. The minimum atomic E-state index is -3.72. The molecule has 0 radical (unpaired) electrons. The number of nitrogens with zero attached hydrogens (tertiary/aromatic N) is 5. The number of aryl methyl sites for hydroxylation is 1. The van der Waals surface area contributed by atoms with Gasteiger partial charge in [0.1, 0.15) is 17.0 Å². The van der Waals surface area contributed by atoms with E-state index in [0.29, 0.717) is 5.82 Å². The SMILES string of the molecule is CN(Cc1ncn[nH]1)S(=O)(=O)c1cnn(CCC(=O)O)c1. The highest BCUT2D eigenvalue weighted by atomic mass is 32.2. The smallest absolute Gasteiger partial charge is 0.305 e. The van der Waals surface area contributed by atoms with Crippen LogP contribution in [-0.2, 0) is 27.9 Å². The van der Waals surface area contributed by atoms with Gasteiger partial charge in [-0.3, -0.25) is 14.6 Å². The Morgan fingerprint density at radius 2 is 2.29 bits per heavy atom. The normalized spacial score (nSPS) is 11.9. The Hall–Kier alpha value is -2.27. The predicted molar refractivity (Wildman–Crippen MR) is 69.5 cm³/mol. The maximum atomic E-state index is 12.3. The fourth-order valence-corrected chi connectivity index (χ4v) is 2.68. The van der Waals surface area contributed by atoms with Gasteiger partial charge in [0, 0.05) is 13.2 Å². The van der Waals surface area contributed by atoms with Crippen LogP contribution in [0, 0.1) is 0 Å². The van der Waals surface area contributed by atoms with Crippen LogP contribution in [-0.4, -0.2) is 55.8 Å². The average molecular weight is 314 g/mol. The van der Waals surface area contributed by atoms with Crippen molar-refractivity contribution < 1.29 is 18.3 Å². The summed E-state index contributed by atoms with van der Waals surface area (Å²) in [6.07, 6.45) is 3.65. The molecule has 2 N–H and O–H groups in total. The monoisotopic (exact) mass is 314 g/mol. The van der Waals surface area contributed by atoms with E-state index in [1.54, 1.807) is 0 Å². The van der Waals surface area contributed by atoms with Gasteiger partial charge < -0.3 is 5.11 Å². The Morgan fingerprint density at radius 3 is 2.90 bits per heavy atom. The van der Waals surface area contributed by atoms with Gasteiger partial charge >= 0.3 is 5.97 Å². The summed E-state index contributed by atoms with van der Waals surface area (Å²) in [7, 11) is -2.31. The lowest BCUT2D eigenvalue weighted by atomic mass is 10.4. The summed E-state index contributed by atoms with van der Waals surface area (Å²) < 4.78 is 27.0. The molecule has 0 saturated heterocycles. The molecule has 21 heavy (non-hydrogen) atoms. The zero-order chi connectivity index (χ0) is 15.5. The first kappa shape index (κ1) is 15.1. The van der Waals surface area contributed by atoms with Crippen LogP contribution in [0.15, 0.2) is 23.6 Å². The van der Waals surface area contributed by atoms with Crippen molar-refractivity contribution in [3.8, 4) is 0 Å².